The van der Waals surface area contributed by atoms with Gasteiger partial charge < -0.3 is 31.5 Å². The monoisotopic (exact) mass is 488 g/mol. The Labute approximate surface area is 199 Å². The first-order valence-electron chi connectivity index (χ1n) is 10.1. The number of nitrogens with one attached hydrogen (secondary N) is 1. The van der Waals surface area contributed by atoms with E-state index in [1.54, 1.807) is 18.2 Å². The molecule has 172 valence electrons. The largest absolute Gasteiger partial charge is 0.382 e. The standard InChI is InChI=1S/C10H15ClN4.C5H4Cl2N2.C5H12N2/c1-14-4-6-15(7-5-14)9-3-2-8(11)10(12)13-9;6-3-1-2-4(7)9-5(3)8;1-7-4-2-6-3-5-7/h2-3H,4-7H2,1H3,(H2,12,13);1-2H,(H2,8,9);6H,2-5H2,1H3. The van der Waals surface area contributed by atoms with Gasteiger partial charge in [-0.15, -0.1) is 0 Å². The molecule has 2 aliphatic heterocycles. The SMILES string of the molecule is CN1CCN(c2ccc(Cl)c(N)n2)CC1.CN1CCNCC1.Nc1nc(Cl)ccc1Cl. The smallest absolute Gasteiger partial charge is 0.144 e. The molecule has 2 aromatic heterocycles. The van der Waals surface area contributed by atoms with Crippen LogP contribution in [0.25, 0.3) is 0 Å². The van der Waals surface area contributed by atoms with Gasteiger partial charge in [-0.2, -0.15) is 0 Å². The van der Waals surface area contributed by atoms with Crippen LogP contribution < -0.4 is 21.7 Å². The summed E-state index contributed by atoms with van der Waals surface area (Å²) in [6, 6.07) is 6.91. The number of nitrogens with two attached hydrogens (primary N) is 2. The van der Waals surface area contributed by atoms with Gasteiger partial charge in [0.2, 0.25) is 0 Å². The van der Waals surface area contributed by atoms with Gasteiger partial charge in [-0.3, -0.25) is 0 Å². The Morgan fingerprint density at radius 2 is 1.26 bits per heavy atom. The number of aromatic nitrogens is 2. The highest BCUT2D eigenvalue weighted by Crippen LogP contribution is 2.21. The summed E-state index contributed by atoms with van der Waals surface area (Å²) in [7, 11) is 4.28. The molecule has 0 unspecified atom stereocenters. The van der Waals surface area contributed by atoms with Crippen LogP contribution in [-0.4, -0.2) is 86.2 Å². The lowest BCUT2D eigenvalue weighted by molar-refractivity contribution is 0.291. The predicted octanol–water partition coefficient (Wildman–Crippen LogP) is 2.56. The van der Waals surface area contributed by atoms with Crippen LogP contribution >= 0.6 is 34.8 Å². The van der Waals surface area contributed by atoms with Crippen molar-refractivity contribution in [3.63, 3.8) is 0 Å². The van der Waals surface area contributed by atoms with E-state index in [1.165, 1.54) is 13.1 Å². The van der Waals surface area contributed by atoms with Crippen LogP contribution in [0.5, 0.6) is 0 Å². The lowest BCUT2D eigenvalue weighted by Crippen LogP contribution is -2.44. The number of hydrogen-bond donors (Lipinski definition) is 3. The molecule has 4 rings (SSSR count). The fourth-order valence-corrected chi connectivity index (χ4v) is 3.23. The molecule has 0 saturated carbocycles. The molecule has 0 bridgehead atoms. The number of pyridine rings is 2. The van der Waals surface area contributed by atoms with Crippen molar-refractivity contribution in [3.05, 3.63) is 39.5 Å². The molecule has 8 nitrogen and oxygen atoms in total. The average Bonchev–Trinajstić information content (AvgIpc) is 2.75. The van der Waals surface area contributed by atoms with Crippen molar-refractivity contribution >= 4 is 52.3 Å². The highest BCUT2D eigenvalue weighted by atomic mass is 35.5. The van der Waals surface area contributed by atoms with Gasteiger partial charge in [0.15, 0.2) is 0 Å². The number of nitrogen functional groups attached to an aromatic ring is 2. The van der Waals surface area contributed by atoms with Gasteiger partial charge in [-0.05, 0) is 38.4 Å². The summed E-state index contributed by atoms with van der Waals surface area (Å²) in [5, 5.41) is 4.58. The van der Waals surface area contributed by atoms with Crippen molar-refractivity contribution in [2.24, 2.45) is 0 Å². The maximum absolute atomic E-state index is 5.83. The molecule has 5 N–H and O–H groups in total. The molecule has 0 atom stereocenters. The van der Waals surface area contributed by atoms with Crippen LogP contribution in [-0.2, 0) is 0 Å². The summed E-state index contributed by atoms with van der Waals surface area (Å²) in [6.45, 7) is 8.84. The molecule has 2 saturated heterocycles. The molecule has 11 heteroatoms. The summed E-state index contributed by atoms with van der Waals surface area (Å²) in [4.78, 5) is 14.8. The lowest BCUT2D eigenvalue weighted by Gasteiger charge is -2.33. The Kier molecular flexibility index (Phi) is 10.9. The first-order valence-corrected chi connectivity index (χ1v) is 11.2. The van der Waals surface area contributed by atoms with Crippen molar-refractivity contribution in [3.8, 4) is 0 Å². The molecule has 0 radical (unpaired) electrons. The third-order valence-corrected chi connectivity index (χ3v) is 5.72. The summed E-state index contributed by atoms with van der Waals surface area (Å²) in [6.07, 6.45) is 0. The van der Waals surface area contributed by atoms with Crippen molar-refractivity contribution in [1.82, 2.24) is 25.1 Å². The van der Waals surface area contributed by atoms with Crippen molar-refractivity contribution in [2.75, 3.05) is 82.8 Å². The molecule has 2 fully saturated rings. The zero-order chi connectivity index (χ0) is 22.8. The summed E-state index contributed by atoms with van der Waals surface area (Å²) >= 11 is 16.8. The normalized spacial score (nSPS) is 17.3. The summed E-state index contributed by atoms with van der Waals surface area (Å²) in [5.41, 5.74) is 11.0. The number of nitrogens with zero attached hydrogens (tertiary/aromatic N) is 5. The van der Waals surface area contributed by atoms with Gasteiger partial charge in [-0.25, -0.2) is 9.97 Å². The zero-order valence-corrected chi connectivity index (χ0v) is 20.3. The Bertz CT molecular complexity index is 809. The topological polar surface area (TPSA) is 99.6 Å². The van der Waals surface area contributed by atoms with E-state index in [4.69, 9.17) is 46.3 Å². The number of anilines is 3. The maximum atomic E-state index is 5.83. The average molecular weight is 490 g/mol. The van der Waals surface area contributed by atoms with Crippen molar-refractivity contribution in [2.45, 2.75) is 0 Å². The number of halogens is 3. The minimum Gasteiger partial charge on any atom is -0.382 e. The van der Waals surface area contributed by atoms with Gasteiger partial charge in [0.25, 0.3) is 0 Å². The van der Waals surface area contributed by atoms with E-state index in [-0.39, 0.29) is 5.82 Å². The van der Waals surface area contributed by atoms with Gasteiger partial charge in [0.05, 0.1) is 10.0 Å². The van der Waals surface area contributed by atoms with Crippen LogP contribution in [0.1, 0.15) is 0 Å². The predicted molar refractivity (Wildman–Crippen MR) is 132 cm³/mol. The highest BCUT2D eigenvalue weighted by molar-refractivity contribution is 6.34. The van der Waals surface area contributed by atoms with Crippen LogP contribution in [0.4, 0.5) is 17.5 Å². The second-order valence-corrected chi connectivity index (χ2v) is 8.58. The third kappa shape index (κ3) is 9.22. The molecule has 4 heterocycles. The van der Waals surface area contributed by atoms with Gasteiger partial charge in [-0.1, -0.05) is 34.8 Å². The van der Waals surface area contributed by atoms with Gasteiger partial charge in [0.1, 0.15) is 22.6 Å². The number of rotatable bonds is 1. The summed E-state index contributed by atoms with van der Waals surface area (Å²) in [5.74, 6) is 1.60. The van der Waals surface area contributed by atoms with Crippen LogP contribution in [0.3, 0.4) is 0 Å². The molecular weight excluding hydrogens is 459 g/mol. The van der Waals surface area contributed by atoms with E-state index in [0.29, 0.717) is 21.0 Å². The maximum Gasteiger partial charge on any atom is 0.144 e. The Hall–Kier alpha value is -1.55. The molecular formula is C20H31Cl3N8. The van der Waals surface area contributed by atoms with E-state index in [0.717, 1.165) is 45.1 Å². The first-order chi connectivity index (χ1) is 14.8. The van der Waals surface area contributed by atoms with Crippen LogP contribution in [0, 0.1) is 0 Å². The zero-order valence-electron chi connectivity index (χ0n) is 18.0. The minimum absolute atomic E-state index is 0.268. The van der Waals surface area contributed by atoms with Crippen LogP contribution in [0.2, 0.25) is 15.2 Å². The molecule has 2 aliphatic rings. The van der Waals surface area contributed by atoms with E-state index in [2.05, 4.69) is 44.1 Å². The van der Waals surface area contributed by atoms with Gasteiger partial charge >= 0.3 is 0 Å². The Morgan fingerprint density at radius 1 is 0.742 bits per heavy atom. The van der Waals surface area contributed by atoms with Crippen molar-refractivity contribution < 1.29 is 0 Å². The molecule has 0 spiro atoms. The number of piperazine rings is 2. The van der Waals surface area contributed by atoms with E-state index >= 15 is 0 Å². The first kappa shape index (κ1) is 25.7. The number of likely N-dealkylation sites (N-methyl/N-ethyl adjacent to an activating group) is 2. The lowest BCUT2D eigenvalue weighted by atomic mass is 10.3. The molecule has 2 aromatic rings. The third-order valence-electron chi connectivity index (χ3n) is 4.87. The van der Waals surface area contributed by atoms with Gasteiger partial charge in [0, 0.05) is 52.4 Å². The second-order valence-electron chi connectivity index (χ2n) is 7.38. The van der Waals surface area contributed by atoms with E-state index in [1.807, 2.05) is 6.07 Å². The van der Waals surface area contributed by atoms with E-state index < -0.39 is 0 Å². The fourth-order valence-electron chi connectivity index (χ4n) is 2.87. The molecule has 31 heavy (non-hydrogen) atoms. The molecule has 0 aliphatic carbocycles. The minimum atomic E-state index is 0.268. The van der Waals surface area contributed by atoms with Crippen molar-refractivity contribution in [1.29, 1.82) is 0 Å². The number of hydrogen-bond acceptors (Lipinski definition) is 8. The second kappa shape index (κ2) is 13.1. The molecule has 0 aromatic carbocycles. The van der Waals surface area contributed by atoms with E-state index in [9.17, 15) is 0 Å². The quantitative estimate of drug-likeness (QED) is 0.526. The Morgan fingerprint density at radius 3 is 1.71 bits per heavy atom. The highest BCUT2D eigenvalue weighted by Gasteiger charge is 2.15. The Balaban J connectivity index is 0.000000181. The van der Waals surface area contributed by atoms with Crippen LogP contribution in [0.15, 0.2) is 24.3 Å². The summed E-state index contributed by atoms with van der Waals surface area (Å²) < 4.78 is 0. The molecule has 0 amide bonds. The fraction of sp³-hybridized carbons (Fsp3) is 0.500.